The van der Waals surface area contributed by atoms with E-state index in [1.807, 2.05) is 26.8 Å². The fraction of sp³-hybridized carbons (Fsp3) is 0.481. The highest BCUT2D eigenvalue weighted by molar-refractivity contribution is 5.81. The number of hydrogen-bond donors (Lipinski definition) is 1. The third-order valence-electron chi connectivity index (χ3n) is 5.64. The number of para-hydroxylation sites is 2. The van der Waals surface area contributed by atoms with Crippen LogP contribution in [0.25, 0.3) is 11.0 Å². The predicted octanol–water partition coefficient (Wildman–Crippen LogP) is 5.61. The molecule has 1 N–H and O–H groups in total. The Hall–Kier alpha value is -2.82. The lowest BCUT2D eigenvalue weighted by Crippen LogP contribution is -2.35. The molecular weight excluding hydrogens is 398 g/mol. The summed E-state index contributed by atoms with van der Waals surface area (Å²) in [6.07, 6.45) is 3.74. The first-order valence-corrected chi connectivity index (χ1v) is 11.7. The average molecular weight is 436 g/mol. The van der Waals surface area contributed by atoms with E-state index in [0.717, 1.165) is 49.3 Å². The zero-order valence-corrected chi connectivity index (χ0v) is 20.2. The quantitative estimate of drug-likeness (QED) is 0.421. The van der Waals surface area contributed by atoms with Crippen LogP contribution in [-0.4, -0.2) is 28.6 Å². The highest BCUT2D eigenvalue weighted by atomic mass is 16.5. The number of ether oxygens (including phenoxy) is 1. The van der Waals surface area contributed by atoms with Crippen molar-refractivity contribution < 1.29 is 9.53 Å². The van der Waals surface area contributed by atoms with Crippen LogP contribution < -0.4 is 10.1 Å². The van der Waals surface area contributed by atoms with Crippen LogP contribution in [0.5, 0.6) is 5.75 Å². The van der Waals surface area contributed by atoms with Gasteiger partial charge in [0.05, 0.1) is 17.6 Å². The summed E-state index contributed by atoms with van der Waals surface area (Å²) < 4.78 is 8.32. The Morgan fingerprint density at radius 3 is 2.59 bits per heavy atom. The van der Waals surface area contributed by atoms with Crippen LogP contribution in [-0.2, 0) is 17.8 Å². The van der Waals surface area contributed by atoms with Crippen LogP contribution in [0.2, 0.25) is 0 Å². The molecule has 1 heterocycles. The second kappa shape index (κ2) is 10.7. The number of carbonyl (C=O) groups excluding carboxylic acids is 1. The Kier molecular flexibility index (Phi) is 7.94. The van der Waals surface area contributed by atoms with Crippen molar-refractivity contribution in [3.8, 4) is 5.75 Å². The van der Waals surface area contributed by atoms with E-state index in [1.165, 1.54) is 16.6 Å². The summed E-state index contributed by atoms with van der Waals surface area (Å²) in [4.78, 5) is 16.9. The third kappa shape index (κ3) is 6.35. The SMILES string of the molecule is Cc1ccc(OCCCCn2c(CCCNC(=O)C(C)(C)C)nc3ccccc32)c(C)c1. The number of nitrogens with one attached hydrogen (secondary N) is 1. The lowest BCUT2D eigenvalue weighted by atomic mass is 9.96. The van der Waals surface area contributed by atoms with Gasteiger partial charge in [0.1, 0.15) is 11.6 Å². The number of amides is 1. The number of benzene rings is 2. The molecule has 0 radical (unpaired) electrons. The minimum Gasteiger partial charge on any atom is -0.493 e. The molecule has 32 heavy (non-hydrogen) atoms. The first-order chi connectivity index (χ1) is 15.3. The fourth-order valence-electron chi connectivity index (χ4n) is 3.79. The molecular formula is C27H37N3O2. The van der Waals surface area contributed by atoms with Gasteiger partial charge < -0.3 is 14.6 Å². The van der Waals surface area contributed by atoms with Gasteiger partial charge in [-0.1, -0.05) is 50.6 Å². The minimum absolute atomic E-state index is 0.0924. The second-order valence-corrected chi connectivity index (χ2v) is 9.60. The molecule has 0 atom stereocenters. The molecule has 5 nitrogen and oxygen atoms in total. The van der Waals surface area contributed by atoms with Gasteiger partial charge in [-0.05, 0) is 56.9 Å². The Labute approximate surface area is 192 Å². The van der Waals surface area contributed by atoms with Crippen LogP contribution >= 0.6 is 0 Å². The molecule has 0 unspecified atom stereocenters. The third-order valence-corrected chi connectivity index (χ3v) is 5.64. The second-order valence-electron chi connectivity index (χ2n) is 9.60. The van der Waals surface area contributed by atoms with Crippen molar-refractivity contribution in [3.05, 3.63) is 59.4 Å². The summed E-state index contributed by atoms with van der Waals surface area (Å²) in [6, 6.07) is 14.6. The maximum absolute atomic E-state index is 12.1. The van der Waals surface area contributed by atoms with Gasteiger partial charge in [-0.25, -0.2) is 4.98 Å². The summed E-state index contributed by atoms with van der Waals surface area (Å²) in [7, 11) is 0. The molecule has 3 aromatic rings. The molecule has 0 spiro atoms. The Morgan fingerprint density at radius 2 is 1.84 bits per heavy atom. The summed E-state index contributed by atoms with van der Waals surface area (Å²) in [5.41, 5.74) is 4.30. The molecule has 2 aromatic carbocycles. The zero-order chi connectivity index (χ0) is 23.1. The summed E-state index contributed by atoms with van der Waals surface area (Å²) in [5, 5.41) is 3.04. The Balaban J connectivity index is 1.54. The van der Waals surface area contributed by atoms with E-state index in [1.54, 1.807) is 0 Å². The number of aryl methyl sites for hydroxylation is 4. The number of aromatic nitrogens is 2. The van der Waals surface area contributed by atoms with Crippen molar-refractivity contribution in [1.82, 2.24) is 14.9 Å². The van der Waals surface area contributed by atoms with Gasteiger partial charge in [-0.3, -0.25) is 4.79 Å². The molecule has 1 aromatic heterocycles. The average Bonchev–Trinajstić information content (AvgIpc) is 3.09. The smallest absolute Gasteiger partial charge is 0.225 e. The molecule has 0 saturated carbocycles. The van der Waals surface area contributed by atoms with E-state index in [-0.39, 0.29) is 11.3 Å². The number of carbonyl (C=O) groups is 1. The number of unbranched alkanes of at least 4 members (excludes halogenated alkanes) is 1. The van der Waals surface area contributed by atoms with Crippen LogP contribution in [0.3, 0.4) is 0 Å². The lowest BCUT2D eigenvalue weighted by Gasteiger charge is -2.17. The van der Waals surface area contributed by atoms with E-state index >= 15 is 0 Å². The molecule has 1 amide bonds. The molecule has 0 aliphatic rings. The molecule has 5 heteroatoms. The standard InChI is InChI=1S/C27H37N3O2/c1-20-14-15-24(21(2)19-20)32-18-9-8-17-30-23-12-7-6-11-22(23)29-25(30)13-10-16-28-26(31)27(3,4)5/h6-7,11-12,14-15,19H,8-10,13,16-18H2,1-5H3,(H,28,31). The van der Waals surface area contributed by atoms with Crippen molar-refractivity contribution in [2.75, 3.05) is 13.2 Å². The van der Waals surface area contributed by atoms with E-state index in [0.29, 0.717) is 13.2 Å². The van der Waals surface area contributed by atoms with Gasteiger partial charge in [0.15, 0.2) is 0 Å². The molecule has 0 aliphatic heterocycles. The lowest BCUT2D eigenvalue weighted by molar-refractivity contribution is -0.128. The van der Waals surface area contributed by atoms with Gasteiger partial charge >= 0.3 is 0 Å². The minimum atomic E-state index is -0.355. The van der Waals surface area contributed by atoms with Crippen LogP contribution in [0.1, 0.15) is 57.0 Å². The molecule has 0 saturated heterocycles. The molecule has 0 aliphatic carbocycles. The van der Waals surface area contributed by atoms with E-state index < -0.39 is 0 Å². The number of hydrogen-bond acceptors (Lipinski definition) is 3. The monoisotopic (exact) mass is 435 g/mol. The van der Waals surface area contributed by atoms with Gasteiger partial charge in [-0.2, -0.15) is 0 Å². The van der Waals surface area contributed by atoms with Gasteiger partial charge in [0.2, 0.25) is 5.91 Å². The van der Waals surface area contributed by atoms with Crippen molar-refractivity contribution in [2.24, 2.45) is 5.41 Å². The molecule has 172 valence electrons. The van der Waals surface area contributed by atoms with Gasteiger partial charge in [-0.15, -0.1) is 0 Å². The first kappa shape index (κ1) is 23.8. The largest absolute Gasteiger partial charge is 0.493 e. The summed E-state index contributed by atoms with van der Waals surface area (Å²) in [6.45, 7) is 12.3. The van der Waals surface area contributed by atoms with Crippen molar-refractivity contribution in [2.45, 2.75) is 66.8 Å². The number of fused-ring (bicyclic) bond motifs is 1. The Morgan fingerprint density at radius 1 is 1.06 bits per heavy atom. The summed E-state index contributed by atoms with van der Waals surface area (Å²) >= 11 is 0. The zero-order valence-electron chi connectivity index (χ0n) is 20.2. The number of nitrogens with zero attached hydrogens (tertiary/aromatic N) is 2. The number of rotatable bonds is 10. The predicted molar refractivity (Wildman–Crippen MR) is 131 cm³/mol. The van der Waals surface area contributed by atoms with Crippen molar-refractivity contribution in [3.63, 3.8) is 0 Å². The highest BCUT2D eigenvalue weighted by Gasteiger charge is 2.20. The van der Waals surface area contributed by atoms with Crippen LogP contribution in [0.4, 0.5) is 0 Å². The summed E-state index contributed by atoms with van der Waals surface area (Å²) in [5.74, 6) is 2.16. The normalized spacial score (nSPS) is 11.7. The van der Waals surface area contributed by atoms with Crippen LogP contribution in [0, 0.1) is 19.3 Å². The van der Waals surface area contributed by atoms with Gasteiger partial charge in [0.25, 0.3) is 0 Å². The molecule has 0 fully saturated rings. The maximum Gasteiger partial charge on any atom is 0.225 e. The fourth-order valence-corrected chi connectivity index (χ4v) is 3.79. The Bertz CT molecular complexity index is 1050. The van der Waals surface area contributed by atoms with E-state index in [4.69, 9.17) is 9.72 Å². The van der Waals surface area contributed by atoms with Crippen molar-refractivity contribution >= 4 is 16.9 Å². The molecule has 3 rings (SSSR count). The number of imidazole rings is 1. The first-order valence-electron chi connectivity index (χ1n) is 11.7. The maximum atomic E-state index is 12.1. The van der Waals surface area contributed by atoms with Crippen molar-refractivity contribution in [1.29, 1.82) is 0 Å². The molecule has 0 bridgehead atoms. The van der Waals surface area contributed by atoms with E-state index in [9.17, 15) is 4.79 Å². The topological polar surface area (TPSA) is 56.1 Å². The van der Waals surface area contributed by atoms with Gasteiger partial charge in [0, 0.05) is 24.9 Å². The van der Waals surface area contributed by atoms with E-state index in [2.05, 4.69) is 60.1 Å². The van der Waals surface area contributed by atoms with Crippen LogP contribution in [0.15, 0.2) is 42.5 Å². The highest BCUT2D eigenvalue weighted by Crippen LogP contribution is 2.20.